The SMILES string of the molecule is O=C(O)c1csc(CCNC(=O)C2(Cc3ccccc3)CCC2)n1. The first-order valence-corrected chi connectivity index (χ1v) is 8.97. The van der Waals surface area contributed by atoms with E-state index in [1.807, 2.05) is 18.2 Å². The molecule has 0 bridgehead atoms. The molecule has 2 N–H and O–H groups in total. The number of nitrogens with zero attached hydrogens (tertiary/aromatic N) is 1. The van der Waals surface area contributed by atoms with Gasteiger partial charge in [0.1, 0.15) is 0 Å². The first kappa shape index (κ1) is 16.6. The molecule has 1 aliphatic rings. The van der Waals surface area contributed by atoms with Gasteiger partial charge in [0.15, 0.2) is 5.69 Å². The number of aromatic carboxylic acids is 1. The third-order valence-corrected chi connectivity index (χ3v) is 5.48. The van der Waals surface area contributed by atoms with Crippen molar-refractivity contribution < 1.29 is 14.7 Å². The minimum absolute atomic E-state index is 0.0702. The zero-order chi connectivity index (χ0) is 17.0. The van der Waals surface area contributed by atoms with Crippen LogP contribution in [-0.4, -0.2) is 28.5 Å². The maximum atomic E-state index is 12.6. The Kier molecular flexibility index (Phi) is 4.94. The first-order valence-electron chi connectivity index (χ1n) is 8.09. The molecule has 0 atom stereocenters. The Morgan fingerprint density at radius 2 is 2.00 bits per heavy atom. The van der Waals surface area contributed by atoms with E-state index in [-0.39, 0.29) is 17.0 Å². The standard InChI is InChI=1S/C18H20N2O3S/c21-16(22)14-12-24-15(20-14)7-10-19-17(23)18(8-4-9-18)11-13-5-2-1-3-6-13/h1-3,5-6,12H,4,7-11H2,(H,19,23)(H,21,22). The molecule has 1 aliphatic carbocycles. The fourth-order valence-electron chi connectivity index (χ4n) is 3.07. The summed E-state index contributed by atoms with van der Waals surface area (Å²) in [5.41, 5.74) is 0.982. The number of benzene rings is 1. The zero-order valence-corrected chi connectivity index (χ0v) is 14.1. The molecule has 0 saturated heterocycles. The molecule has 1 fully saturated rings. The molecule has 0 aliphatic heterocycles. The smallest absolute Gasteiger partial charge is 0.355 e. The maximum Gasteiger partial charge on any atom is 0.355 e. The van der Waals surface area contributed by atoms with Crippen molar-refractivity contribution in [2.45, 2.75) is 32.1 Å². The van der Waals surface area contributed by atoms with Gasteiger partial charge in [0, 0.05) is 18.3 Å². The highest BCUT2D eigenvalue weighted by molar-refractivity contribution is 7.09. The molecule has 126 valence electrons. The van der Waals surface area contributed by atoms with Crippen LogP contribution in [0.4, 0.5) is 0 Å². The number of thiazole rings is 1. The van der Waals surface area contributed by atoms with Crippen LogP contribution in [0.5, 0.6) is 0 Å². The topological polar surface area (TPSA) is 79.3 Å². The molecule has 1 aromatic carbocycles. The van der Waals surface area contributed by atoms with Crippen LogP contribution >= 0.6 is 11.3 Å². The van der Waals surface area contributed by atoms with Gasteiger partial charge in [-0.3, -0.25) is 4.79 Å². The van der Waals surface area contributed by atoms with Crippen LogP contribution in [0.15, 0.2) is 35.7 Å². The van der Waals surface area contributed by atoms with E-state index < -0.39 is 5.97 Å². The zero-order valence-electron chi connectivity index (χ0n) is 13.3. The van der Waals surface area contributed by atoms with Gasteiger partial charge in [-0.25, -0.2) is 9.78 Å². The summed E-state index contributed by atoms with van der Waals surface area (Å²) in [5.74, 6) is -0.912. The summed E-state index contributed by atoms with van der Waals surface area (Å²) in [6, 6.07) is 10.1. The number of carbonyl (C=O) groups is 2. The minimum atomic E-state index is -1.02. The lowest BCUT2D eigenvalue weighted by atomic mass is 9.64. The van der Waals surface area contributed by atoms with Crippen molar-refractivity contribution in [2.24, 2.45) is 5.41 Å². The van der Waals surface area contributed by atoms with Gasteiger partial charge in [0.05, 0.1) is 10.4 Å². The van der Waals surface area contributed by atoms with Crippen molar-refractivity contribution in [3.8, 4) is 0 Å². The van der Waals surface area contributed by atoms with E-state index in [1.165, 1.54) is 22.3 Å². The highest BCUT2D eigenvalue weighted by Gasteiger charge is 2.43. The van der Waals surface area contributed by atoms with Crippen molar-refractivity contribution in [3.05, 3.63) is 52.0 Å². The number of hydrogen-bond acceptors (Lipinski definition) is 4. The van der Waals surface area contributed by atoms with Gasteiger partial charge < -0.3 is 10.4 Å². The van der Waals surface area contributed by atoms with E-state index >= 15 is 0 Å². The van der Waals surface area contributed by atoms with Gasteiger partial charge in [0.25, 0.3) is 0 Å². The largest absolute Gasteiger partial charge is 0.476 e. The summed E-state index contributed by atoms with van der Waals surface area (Å²) in [7, 11) is 0. The number of nitrogens with one attached hydrogen (secondary N) is 1. The fraction of sp³-hybridized carbons (Fsp3) is 0.389. The highest BCUT2D eigenvalue weighted by atomic mass is 32.1. The minimum Gasteiger partial charge on any atom is -0.476 e. The van der Waals surface area contributed by atoms with Crippen molar-refractivity contribution in [1.29, 1.82) is 0 Å². The summed E-state index contributed by atoms with van der Waals surface area (Å²) in [6.45, 7) is 0.488. The molecule has 2 aromatic rings. The Morgan fingerprint density at radius 3 is 2.58 bits per heavy atom. The van der Waals surface area contributed by atoms with E-state index in [0.717, 1.165) is 30.7 Å². The molecule has 5 nitrogen and oxygen atoms in total. The predicted molar refractivity (Wildman–Crippen MR) is 92.2 cm³/mol. The Morgan fingerprint density at radius 1 is 1.25 bits per heavy atom. The monoisotopic (exact) mass is 344 g/mol. The van der Waals surface area contributed by atoms with Crippen molar-refractivity contribution in [1.82, 2.24) is 10.3 Å². The van der Waals surface area contributed by atoms with Crippen molar-refractivity contribution in [2.75, 3.05) is 6.54 Å². The van der Waals surface area contributed by atoms with E-state index in [0.29, 0.717) is 13.0 Å². The highest BCUT2D eigenvalue weighted by Crippen LogP contribution is 2.43. The fourth-order valence-corrected chi connectivity index (χ4v) is 3.84. The molecule has 1 heterocycles. The summed E-state index contributed by atoms with van der Waals surface area (Å²) < 4.78 is 0. The predicted octanol–water partition coefficient (Wildman–Crippen LogP) is 2.91. The molecular weight excluding hydrogens is 324 g/mol. The Bertz CT molecular complexity index is 723. The Hall–Kier alpha value is -2.21. The van der Waals surface area contributed by atoms with Gasteiger partial charge >= 0.3 is 5.97 Å². The molecule has 3 rings (SSSR count). The summed E-state index contributed by atoms with van der Waals surface area (Å²) in [6.07, 6.45) is 4.28. The van der Waals surface area contributed by atoms with Gasteiger partial charge in [-0.15, -0.1) is 11.3 Å². The maximum absolute atomic E-state index is 12.6. The third-order valence-electron chi connectivity index (χ3n) is 4.57. The van der Waals surface area contributed by atoms with Crippen molar-refractivity contribution >= 4 is 23.2 Å². The number of rotatable bonds is 7. The third kappa shape index (κ3) is 3.64. The molecule has 24 heavy (non-hydrogen) atoms. The van der Waals surface area contributed by atoms with E-state index in [1.54, 1.807) is 0 Å². The molecular formula is C18H20N2O3S. The van der Waals surface area contributed by atoms with Crippen molar-refractivity contribution in [3.63, 3.8) is 0 Å². The van der Waals surface area contributed by atoms with Gasteiger partial charge in [-0.2, -0.15) is 0 Å². The second-order valence-electron chi connectivity index (χ2n) is 6.23. The molecule has 0 unspecified atom stereocenters. The average molecular weight is 344 g/mol. The molecule has 6 heteroatoms. The van der Waals surface area contributed by atoms with E-state index in [9.17, 15) is 9.59 Å². The lowest BCUT2D eigenvalue weighted by Gasteiger charge is -2.40. The van der Waals surface area contributed by atoms with Gasteiger partial charge in [-0.1, -0.05) is 36.8 Å². The Labute approximate surface area is 144 Å². The Balaban J connectivity index is 1.54. The normalized spacial score (nSPS) is 15.5. The molecule has 0 spiro atoms. The number of hydrogen-bond donors (Lipinski definition) is 2. The quantitative estimate of drug-likeness (QED) is 0.809. The van der Waals surface area contributed by atoms with Crippen LogP contribution in [0.25, 0.3) is 0 Å². The van der Waals surface area contributed by atoms with Crippen LogP contribution < -0.4 is 5.32 Å². The van der Waals surface area contributed by atoms with Crippen LogP contribution in [0, 0.1) is 5.41 Å². The number of amides is 1. The summed E-state index contributed by atoms with van der Waals surface area (Å²) in [4.78, 5) is 27.5. The number of carboxylic acids is 1. The van der Waals surface area contributed by atoms with E-state index in [2.05, 4.69) is 22.4 Å². The van der Waals surface area contributed by atoms with Crippen LogP contribution in [-0.2, 0) is 17.6 Å². The van der Waals surface area contributed by atoms with Crippen LogP contribution in [0.3, 0.4) is 0 Å². The summed E-state index contributed by atoms with van der Waals surface area (Å²) in [5, 5.41) is 14.2. The molecule has 0 radical (unpaired) electrons. The molecule has 1 amide bonds. The number of carbonyl (C=O) groups excluding carboxylic acids is 1. The second-order valence-corrected chi connectivity index (χ2v) is 7.18. The van der Waals surface area contributed by atoms with E-state index in [4.69, 9.17) is 5.11 Å². The molecule has 1 aromatic heterocycles. The number of carboxylic acid groups (broad SMARTS) is 1. The van der Waals surface area contributed by atoms with Gasteiger partial charge in [-0.05, 0) is 24.8 Å². The first-order chi connectivity index (χ1) is 11.6. The summed E-state index contributed by atoms with van der Waals surface area (Å²) >= 11 is 1.32. The van der Waals surface area contributed by atoms with Crippen LogP contribution in [0.1, 0.15) is 40.3 Å². The average Bonchev–Trinajstić information content (AvgIpc) is 3.01. The van der Waals surface area contributed by atoms with Crippen LogP contribution in [0.2, 0.25) is 0 Å². The number of aromatic nitrogens is 1. The lowest BCUT2D eigenvalue weighted by Crippen LogP contribution is -2.47. The molecule has 1 saturated carbocycles. The second kappa shape index (κ2) is 7.13. The van der Waals surface area contributed by atoms with Gasteiger partial charge in [0.2, 0.25) is 5.91 Å². The lowest BCUT2D eigenvalue weighted by molar-refractivity contribution is -0.135.